The van der Waals surface area contributed by atoms with Gasteiger partial charge in [-0.05, 0) is 61.3 Å². The van der Waals surface area contributed by atoms with Gasteiger partial charge in [0.25, 0.3) is 0 Å². The Kier molecular flexibility index (Phi) is 7.69. The number of hydrogen-bond acceptors (Lipinski definition) is 4. The second-order valence-electron chi connectivity index (χ2n) is 11.3. The Bertz CT molecular complexity index is 1140. The topological polar surface area (TPSA) is 50.8 Å². The molecule has 2 aliphatic heterocycles. The number of rotatable bonds is 6. The number of fused-ring (bicyclic) bond motifs is 1. The number of benzene rings is 2. The number of carbonyl (C=O) groups is 1. The number of hydrogen-bond donors (Lipinski definition) is 1. The van der Waals surface area contributed by atoms with Gasteiger partial charge in [0, 0.05) is 36.0 Å². The largest absolute Gasteiger partial charge is 0.493 e. The van der Waals surface area contributed by atoms with Crippen molar-refractivity contribution in [3.63, 3.8) is 0 Å². The Hall–Kier alpha value is -2.16. The summed E-state index contributed by atoms with van der Waals surface area (Å²) < 4.78 is 42.2. The molecule has 1 amide bonds. The van der Waals surface area contributed by atoms with Crippen LogP contribution in [0.1, 0.15) is 39.2 Å². The van der Waals surface area contributed by atoms with Gasteiger partial charge in [-0.2, -0.15) is 0 Å². The van der Waals surface area contributed by atoms with E-state index in [2.05, 4.69) is 39.2 Å². The van der Waals surface area contributed by atoms with Crippen LogP contribution in [0.3, 0.4) is 0 Å². The molecule has 0 saturated carbocycles. The van der Waals surface area contributed by atoms with Crippen LogP contribution >= 0.6 is 11.6 Å². The molecule has 1 N–H and O–H groups in total. The molecule has 0 radical (unpaired) electrons. The fourth-order valence-electron chi connectivity index (χ4n) is 4.56. The van der Waals surface area contributed by atoms with Crippen LogP contribution in [0.4, 0.5) is 20.2 Å². The number of piperidine rings is 1. The first-order valence-electron chi connectivity index (χ1n) is 12.5. The smallest absolute Gasteiger partial charge is 0.224 e. The molecule has 2 heterocycles. The highest BCUT2D eigenvalue weighted by molar-refractivity contribution is 6.74. The zero-order chi connectivity index (χ0) is 26.3. The second kappa shape index (κ2) is 10.3. The predicted molar refractivity (Wildman–Crippen MR) is 143 cm³/mol. The average molecular weight is 537 g/mol. The van der Waals surface area contributed by atoms with Crippen LogP contribution in [0, 0.1) is 17.6 Å². The number of nitrogens with zero attached hydrogens (tertiary/aromatic N) is 1. The highest BCUT2D eigenvalue weighted by Crippen LogP contribution is 2.40. The van der Waals surface area contributed by atoms with Gasteiger partial charge in [-0.3, -0.25) is 4.79 Å². The predicted octanol–water partition coefficient (Wildman–Crippen LogP) is 6.80. The summed E-state index contributed by atoms with van der Waals surface area (Å²) in [6.45, 7) is 12.6. The van der Waals surface area contributed by atoms with E-state index in [9.17, 15) is 13.6 Å². The summed E-state index contributed by atoms with van der Waals surface area (Å²) in [5.74, 6) is -0.331. The zero-order valence-electron chi connectivity index (χ0n) is 21.6. The Labute approximate surface area is 218 Å². The lowest BCUT2D eigenvalue weighted by Gasteiger charge is -2.46. The third kappa shape index (κ3) is 5.71. The number of ether oxygens (including phenoxy) is 1. The molecule has 36 heavy (non-hydrogen) atoms. The van der Waals surface area contributed by atoms with Gasteiger partial charge in [0.05, 0.1) is 24.1 Å². The molecule has 0 aromatic heterocycles. The lowest BCUT2D eigenvalue weighted by Crippen LogP contribution is -2.53. The van der Waals surface area contributed by atoms with E-state index in [1.54, 1.807) is 18.2 Å². The molecule has 196 valence electrons. The summed E-state index contributed by atoms with van der Waals surface area (Å²) in [6, 6.07) is 7.72. The van der Waals surface area contributed by atoms with Crippen molar-refractivity contribution >= 4 is 37.2 Å². The van der Waals surface area contributed by atoms with Crippen molar-refractivity contribution in [1.82, 2.24) is 0 Å². The van der Waals surface area contributed by atoms with E-state index in [4.69, 9.17) is 20.8 Å². The number of carbonyl (C=O) groups excluding carboxylic acids is 1. The van der Waals surface area contributed by atoms with Crippen LogP contribution in [0.25, 0.3) is 0 Å². The van der Waals surface area contributed by atoms with Crippen LogP contribution in [0.5, 0.6) is 5.75 Å². The number of anilines is 2. The first-order chi connectivity index (χ1) is 16.9. The van der Waals surface area contributed by atoms with Crippen molar-refractivity contribution in [3.8, 4) is 5.75 Å². The van der Waals surface area contributed by atoms with Crippen molar-refractivity contribution in [1.29, 1.82) is 0 Å². The summed E-state index contributed by atoms with van der Waals surface area (Å²) >= 11 is 5.97. The molecule has 1 fully saturated rings. The van der Waals surface area contributed by atoms with Crippen LogP contribution < -0.4 is 15.0 Å². The van der Waals surface area contributed by atoms with E-state index in [1.165, 1.54) is 12.1 Å². The van der Waals surface area contributed by atoms with Gasteiger partial charge < -0.3 is 19.4 Å². The zero-order valence-corrected chi connectivity index (χ0v) is 23.3. The van der Waals surface area contributed by atoms with Crippen molar-refractivity contribution in [2.75, 3.05) is 29.9 Å². The maximum absolute atomic E-state index is 14.7. The van der Waals surface area contributed by atoms with Gasteiger partial charge >= 0.3 is 0 Å². The Morgan fingerprint density at radius 2 is 1.89 bits per heavy atom. The van der Waals surface area contributed by atoms with Crippen molar-refractivity contribution in [2.24, 2.45) is 5.92 Å². The van der Waals surface area contributed by atoms with E-state index in [-0.39, 0.29) is 34.5 Å². The minimum Gasteiger partial charge on any atom is -0.493 e. The Balaban J connectivity index is 1.55. The van der Waals surface area contributed by atoms with Gasteiger partial charge in [0.1, 0.15) is 17.4 Å². The molecule has 1 saturated heterocycles. The van der Waals surface area contributed by atoms with E-state index < -0.39 is 14.1 Å². The molecule has 5 nitrogen and oxygen atoms in total. The second-order valence-corrected chi connectivity index (χ2v) is 16.5. The molecule has 2 atom stereocenters. The molecule has 0 bridgehead atoms. The minimum atomic E-state index is -2.13. The summed E-state index contributed by atoms with van der Waals surface area (Å²) in [5, 5.41) is 3.01. The molecular formula is C27H35ClF2N2O3Si. The van der Waals surface area contributed by atoms with Crippen LogP contribution in [-0.2, 0) is 15.6 Å². The molecule has 2 aliphatic rings. The molecular weight excluding hydrogens is 502 g/mol. The number of halogens is 3. The van der Waals surface area contributed by atoms with Crippen molar-refractivity contribution in [3.05, 3.63) is 52.6 Å². The summed E-state index contributed by atoms with van der Waals surface area (Å²) in [6.07, 6.45) is 1.33. The van der Waals surface area contributed by atoms with Crippen LogP contribution in [0.2, 0.25) is 23.2 Å². The van der Waals surface area contributed by atoms with Gasteiger partial charge in [0.15, 0.2) is 8.32 Å². The van der Waals surface area contributed by atoms with Gasteiger partial charge in [-0.15, -0.1) is 0 Å². The van der Waals surface area contributed by atoms with Gasteiger partial charge in [0.2, 0.25) is 5.91 Å². The molecule has 9 heteroatoms. The Morgan fingerprint density at radius 3 is 2.58 bits per heavy atom. The van der Waals surface area contributed by atoms with Gasteiger partial charge in [-0.25, -0.2) is 8.78 Å². The molecule has 0 aliphatic carbocycles. The molecule has 4 rings (SSSR count). The number of amides is 1. The molecule has 2 aromatic carbocycles. The fraction of sp³-hybridized carbons (Fsp3) is 0.519. The van der Waals surface area contributed by atoms with E-state index in [0.29, 0.717) is 54.6 Å². The normalized spacial score (nSPS) is 20.7. The van der Waals surface area contributed by atoms with E-state index >= 15 is 0 Å². The monoisotopic (exact) mass is 536 g/mol. The minimum absolute atomic E-state index is 0.0143. The fourth-order valence-corrected chi connectivity index (χ4v) is 6.09. The average Bonchev–Trinajstić information content (AvgIpc) is 2.78. The highest BCUT2D eigenvalue weighted by atomic mass is 35.5. The first kappa shape index (κ1) is 26.9. The maximum atomic E-state index is 14.7. The van der Waals surface area contributed by atoms with Crippen LogP contribution in [-0.4, -0.2) is 40.0 Å². The number of nitrogens with one attached hydrogen (secondary N) is 1. The lowest BCUT2D eigenvalue weighted by atomic mass is 9.94. The van der Waals surface area contributed by atoms with Crippen molar-refractivity contribution < 1.29 is 22.7 Å². The molecule has 0 spiro atoms. The van der Waals surface area contributed by atoms with Crippen molar-refractivity contribution in [2.45, 2.75) is 64.3 Å². The summed E-state index contributed by atoms with van der Waals surface area (Å²) in [4.78, 5) is 13.8. The lowest BCUT2D eigenvalue weighted by molar-refractivity contribution is -0.116. The molecule has 0 unspecified atom stereocenters. The standard InChI is InChI=1S/C27H35ClF2N2O3Si/c1-27(2,3)36(4,5)35-24-15-32(22-9-6-18(28)14-21(22)30)13-12-17(24)16-34-23-10-8-20(29)26-19(23)7-11-25(33)31-26/h6,8-10,14,17,24H,7,11-13,15-16H2,1-5H3,(H,31,33)/t17-,24+/m1/s1. The van der Waals surface area contributed by atoms with E-state index in [0.717, 1.165) is 6.42 Å². The third-order valence-corrected chi connectivity index (χ3v) is 12.5. The maximum Gasteiger partial charge on any atom is 0.224 e. The van der Waals surface area contributed by atoms with E-state index in [1.807, 2.05) is 4.90 Å². The van der Waals surface area contributed by atoms with Gasteiger partial charge in [-0.1, -0.05) is 32.4 Å². The summed E-state index contributed by atoms with van der Waals surface area (Å²) in [5.41, 5.74) is 1.42. The van der Waals surface area contributed by atoms with Crippen LogP contribution in [0.15, 0.2) is 30.3 Å². The summed E-state index contributed by atoms with van der Waals surface area (Å²) in [7, 11) is -2.13. The highest BCUT2D eigenvalue weighted by Gasteiger charge is 2.42. The quantitative estimate of drug-likeness (QED) is 0.412. The first-order valence-corrected chi connectivity index (χ1v) is 15.8. The Morgan fingerprint density at radius 1 is 1.14 bits per heavy atom. The molecule has 2 aromatic rings. The third-order valence-electron chi connectivity index (χ3n) is 7.74. The SMILES string of the molecule is CC(C)(C)[Si](C)(C)O[C@H]1CN(c2ccc(Cl)cc2F)CC[C@@H]1COc1ccc(F)c2c1CCC(=O)N2.